The molecule has 0 radical (unpaired) electrons. The molecule has 18 heavy (non-hydrogen) atoms. The zero-order valence-corrected chi connectivity index (χ0v) is 11.0. The largest absolute Gasteiger partial charge is 0.348 e. The quantitative estimate of drug-likeness (QED) is 0.794. The number of carbonyl (C=O) groups excluding carboxylic acids is 2. The molecule has 1 aromatic heterocycles. The maximum Gasteiger partial charge on any atom is 0.314 e. The van der Waals surface area contributed by atoms with Crippen LogP contribution in [0.4, 0.5) is 5.82 Å². The number of hydrogen-bond acceptors (Lipinski definition) is 3. The third-order valence-corrected chi connectivity index (χ3v) is 2.37. The van der Waals surface area contributed by atoms with Crippen molar-refractivity contribution in [1.82, 2.24) is 10.3 Å². The number of amides is 2. The maximum atomic E-state index is 11.5. The Morgan fingerprint density at radius 3 is 2.56 bits per heavy atom. The van der Waals surface area contributed by atoms with Crippen molar-refractivity contribution in [3.05, 3.63) is 23.9 Å². The summed E-state index contributed by atoms with van der Waals surface area (Å²) < 4.78 is 0. The highest BCUT2D eigenvalue weighted by atomic mass is 16.2. The van der Waals surface area contributed by atoms with E-state index in [4.69, 9.17) is 0 Å². The van der Waals surface area contributed by atoms with Crippen LogP contribution < -0.4 is 10.6 Å². The van der Waals surface area contributed by atoms with Gasteiger partial charge >= 0.3 is 11.8 Å². The lowest BCUT2D eigenvalue weighted by Crippen LogP contribution is -2.36. The van der Waals surface area contributed by atoms with Gasteiger partial charge in [0.1, 0.15) is 5.82 Å². The average molecular weight is 249 g/mol. The van der Waals surface area contributed by atoms with Gasteiger partial charge in [0.05, 0.1) is 0 Å². The Hall–Kier alpha value is -1.91. The number of anilines is 1. The number of nitrogens with one attached hydrogen (secondary N) is 2. The molecule has 0 spiro atoms. The zero-order valence-electron chi connectivity index (χ0n) is 11.0. The Morgan fingerprint density at radius 1 is 1.28 bits per heavy atom. The van der Waals surface area contributed by atoms with Crippen LogP contribution in [0.15, 0.2) is 18.3 Å². The molecule has 0 aliphatic carbocycles. The van der Waals surface area contributed by atoms with Crippen LogP contribution in [-0.2, 0) is 9.59 Å². The molecule has 0 aliphatic rings. The van der Waals surface area contributed by atoms with Crippen molar-refractivity contribution in [2.75, 3.05) is 11.9 Å². The first-order valence-corrected chi connectivity index (χ1v) is 6.01. The van der Waals surface area contributed by atoms with Crippen LogP contribution in [-0.4, -0.2) is 23.3 Å². The van der Waals surface area contributed by atoms with Gasteiger partial charge in [-0.15, -0.1) is 0 Å². The molecule has 1 aromatic rings. The topological polar surface area (TPSA) is 71.1 Å². The molecule has 0 saturated carbocycles. The van der Waals surface area contributed by atoms with Gasteiger partial charge in [-0.3, -0.25) is 9.59 Å². The van der Waals surface area contributed by atoms with Gasteiger partial charge in [0.15, 0.2) is 0 Å². The molecular weight excluding hydrogens is 230 g/mol. The third kappa shape index (κ3) is 4.95. The fraction of sp³-hybridized carbons (Fsp3) is 0.462. The molecule has 5 nitrogen and oxygen atoms in total. The monoisotopic (exact) mass is 249 g/mol. The summed E-state index contributed by atoms with van der Waals surface area (Å²) in [6.07, 6.45) is 2.48. The smallest absolute Gasteiger partial charge is 0.314 e. The van der Waals surface area contributed by atoms with Crippen molar-refractivity contribution < 1.29 is 9.59 Å². The lowest BCUT2D eigenvalue weighted by Gasteiger charge is -2.07. The highest BCUT2D eigenvalue weighted by molar-refractivity contribution is 6.39. The van der Waals surface area contributed by atoms with Crippen LogP contribution in [0.2, 0.25) is 0 Å². The number of aromatic nitrogens is 1. The minimum absolute atomic E-state index is 0.379. The van der Waals surface area contributed by atoms with E-state index in [-0.39, 0.29) is 0 Å². The van der Waals surface area contributed by atoms with E-state index >= 15 is 0 Å². The zero-order chi connectivity index (χ0) is 13.5. The normalized spacial score (nSPS) is 10.2. The SMILES string of the molecule is Cc1ccc(NC(=O)C(=O)NCCC(C)C)nc1. The predicted octanol–water partition coefficient (Wildman–Crippen LogP) is 1.49. The molecule has 0 aromatic carbocycles. The van der Waals surface area contributed by atoms with E-state index in [2.05, 4.69) is 29.5 Å². The second-order valence-corrected chi connectivity index (χ2v) is 4.61. The van der Waals surface area contributed by atoms with Gasteiger partial charge < -0.3 is 10.6 Å². The van der Waals surface area contributed by atoms with E-state index in [0.717, 1.165) is 12.0 Å². The number of aryl methyl sites for hydroxylation is 1. The van der Waals surface area contributed by atoms with E-state index < -0.39 is 11.8 Å². The third-order valence-electron chi connectivity index (χ3n) is 2.37. The number of hydrogen-bond donors (Lipinski definition) is 2. The van der Waals surface area contributed by atoms with Crippen molar-refractivity contribution in [3.63, 3.8) is 0 Å². The molecule has 0 bridgehead atoms. The fourth-order valence-electron chi connectivity index (χ4n) is 1.27. The Kier molecular flexibility index (Phi) is 5.30. The average Bonchev–Trinajstić information content (AvgIpc) is 2.31. The Bertz CT molecular complexity index is 413. The number of carbonyl (C=O) groups is 2. The molecule has 98 valence electrons. The fourth-order valence-corrected chi connectivity index (χ4v) is 1.27. The van der Waals surface area contributed by atoms with Gasteiger partial charge in [-0.05, 0) is 30.9 Å². The van der Waals surface area contributed by atoms with Crippen molar-refractivity contribution in [1.29, 1.82) is 0 Å². The first-order valence-electron chi connectivity index (χ1n) is 6.01. The molecule has 0 atom stereocenters. The Balaban J connectivity index is 2.40. The van der Waals surface area contributed by atoms with Gasteiger partial charge in [0, 0.05) is 12.7 Å². The van der Waals surface area contributed by atoms with E-state index in [9.17, 15) is 9.59 Å². The number of nitrogens with zero attached hydrogens (tertiary/aromatic N) is 1. The summed E-state index contributed by atoms with van der Waals surface area (Å²) in [5.41, 5.74) is 0.995. The second-order valence-electron chi connectivity index (χ2n) is 4.61. The highest BCUT2D eigenvalue weighted by Gasteiger charge is 2.13. The van der Waals surface area contributed by atoms with Crippen LogP contribution >= 0.6 is 0 Å². The van der Waals surface area contributed by atoms with E-state index in [1.165, 1.54) is 0 Å². The molecule has 1 rings (SSSR count). The summed E-state index contributed by atoms with van der Waals surface area (Å²) in [5, 5.41) is 5.01. The van der Waals surface area contributed by atoms with Crippen LogP contribution in [0, 0.1) is 12.8 Å². The summed E-state index contributed by atoms with van der Waals surface area (Å²) in [6.45, 7) is 6.52. The standard InChI is InChI=1S/C13H19N3O2/c1-9(2)6-7-14-12(17)13(18)16-11-5-4-10(3)8-15-11/h4-5,8-9H,6-7H2,1-3H3,(H,14,17)(H,15,16,18). The summed E-state index contributed by atoms with van der Waals surface area (Å²) in [6, 6.07) is 3.48. The molecule has 2 N–H and O–H groups in total. The molecule has 0 unspecified atom stereocenters. The molecule has 5 heteroatoms. The van der Waals surface area contributed by atoms with Gasteiger partial charge in [-0.1, -0.05) is 19.9 Å². The van der Waals surface area contributed by atoms with Gasteiger partial charge in [0.25, 0.3) is 0 Å². The molecule has 2 amide bonds. The highest BCUT2D eigenvalue weighted by Crippen LogP contribution is 2.03. The van der Waals surface area contributed by atoms with Crippen molar-refractivity contribution >= 4 is 17.6 Å². The van der Waals surface area contributed by atoms with Gasteiger partial charge in [-0.25, -0.2) is 4.98 Å². The number of rotatable bonds is 4. The summed E-state index contributed by atoms with van der Waals surface area (Å²) in [5.74, 6) is -0.440. The minimum atomic E-state index is -0.685. The Labute approximate surface area is 107 Å². The minimum Gasteiger partial charge on any atom is -0.348 e. The van der Waals surface area contributed by atoms with E-state index in [1.807, 2.05) is 13.0 Å². The molecule has 1 heterocycles. The number of pyridine rings is 1. The van der Waals surface area contributed by atoms with Crippen LogP contribution in [0.1, 0.15) is 25.8 Å². The lowest BCUT2D eigenvalue weighted by atomic mass is 10.1. The second kappa shape index (κ2) is 6.74. The van der Waals surface area contributed by atoms with Crippen molar-refractivity contribution in [2.45, 2.75) is 27.2 Å². The van der Waals surface area contributed by atoms with Gasteiger partial charge in [0.2, 0.25) is 0 Å². The molecule has 0 aliphatic heterocycles. The van der Waals surface area contributed by atoms with Crippen LogP contribution in [0.3, 0.4) is 0 Å². The summed E-state index contributed by atoms with van der Waals surface area (Å²) in [7, 11) is 0. The van der Waals surface area contributed by atoms with Crippen molar-refractivity contribution in [2.24, 2.45) is 5.92 Å². The van der Waals surface area contributed by atoms with E-state index in [0.29, 0.717) is 18.3 Å². The first kappa shape index (κ1) is 14.2. The molecule has 0 saturated heterocycles. The van der Waals surface area contributed by atoms with Gasteiger partial charge in [-0.2, -0.15) is 0 Å². The summed E-state index contributed by atoms with van der Waals surface area (Å²) in [4.78, 5) is 27.0. The first-order chi connectivity index (χ1) is 8.49. The predicted molar refractivity (Wildman–Crippen MR) is 70.1 cm³/mol. The Morgan fingerprint density at radius 2 is 2.00 bits per heavy atom. The summed E-state index contributed by atoms with van der Waals surface area (Å²) >= 11 is 0. The van der Waals surface area contributed by atoms with Crippen LogP contribution in [0.25, 0.3) is 0 Å². The lowest BCUT2D eigenvalue weighted by molar-refractivity contribution is -0.136. The maximum absolute atomic E-state index is 11.5. The van der Waals surface area contributed by atoms with Crippen molar-refractivity contribution in [3.8, 4) is 0 Å². The van der Waals surface area contributed by atoms with E-state index in [1.54, 1.807) is 12.3 Å². The molecular formula is C13H19N3O2. The van der Waals surface area contributed by atoms with Crippen LogP contribution in [0.5, 0.6) is 0 Å². The molecule has 0 fully saturated rings.